The van der Waals surface area contributed by atoms with E-state index in [2.05, 4.69) is 16.0 Å². The van der Waals surface area contributed by atoms with Crippen LogP contribution in [0.5, 0.6) is 0 Å². The molecule has 0 bridgehead atoms. The zero-order chi connectivity index (χ0) is 24.1. The third-order valence-corrected chi connectivity index (χ3v) is 5.49. The van der Waals surface area contributed by atoms with E-state index in [0.717, 1.165) is 6.07 Å². The van der Waals surface area contributed by atoms with Crippen molar-refractivity contribution in [2.24, 2.45) is 0 Å². The summed E-state index contributed by atoms with van der Waals surface area (Å²) >= 11 is 0. The summed E-state index contributed by atoms with van der Waals surface area (Å²) < 4.78 is 45.2. The van der Waals surface area contributed by atoms with Gasteiger partial charge in [-0.3, -0.25) is 19.3 Å². The van der Waals surface area contributed by atoms with Gasteiger partial charge in [-0.05, 0) is 51.0 Å². The molecule has 0 saturated carbocycles. The Morgan fingerprint density at radius 3 is 2.42 bits per heavy atom. The Morgan fingerprint density at radius 1 is 1.09 bits per heavy atom. The first-order valence-corrected chi connectivity index (χ1v) is 10.5. The zero-order valence-electron chi connectivity index (χ0n) is 18.2. The third-order valence-electron chi connectivity index (χ3n) is 5.49. The molecule has 8 nitrogen and oxygen atoms in total. The van der Waals surface area contributed by atoms with Crippen LogP contribution in [0.15, 0.2) is 28.7 Å². The van der Waals surface area contributed by atoms with Crippen LogP contribution in [0, 0.1) is 24.4 Å². The fourth-order valence-corrected chi connectivity index (χ4v) is 3.54. The molecule has 1 aliphatic heterocycles. The predicted molar refractivity (Wildman–Crippen MR) is 113 cm³/mol. The Morgan fingerprint density at radius 2 is 1.79 bits per heavy atom. The quantitative estimate of drug-likeness (QED) is 0.544. The Bertz CT molecular complexity index is 1030. The fourth-order valence-electron chi connectivity index (χ4n) is 3.54. The van der Waals surface area contributed by atoms with E-state index in [-0.39, 0.29) is 17.7 Å². The summed E-state index contributed by atoms with van der Waals surface area (Å²) in [5.74, 6) is -5.14. The number of anilines is 1. The average molecular weight is 466 g/mol. The van der Waals surface area contributed by atoms with E-state index < -0.39 is 47.5 Å². The molecule has 2 heterocycles. The first-order valence-electron chi connectivity index (χ1n) is 10.5. The molecule has 1 fully saturated rings. The van der Waals surface area contributed by atoms with Crippen molar-refractivity contribution in [1.29, 1.82) is 0 Å². The molecule has 178 valence electrons. The Hall–Kier alpha value is -3.34. The molecule has 3 N–H and O–H groups in total. The van der Waals surface area contributed by atoms with Crippen LogP contribution in [0.25, 0.3) is 0 Å². The number of rotatable bonds is 7. The number of halogens is 3. The highest BCUT2D eigenvalue weighted by Crippen LogP contribution is 2.19. The van der Waals surface area contributed by atoms with Gasteiger partial charge in [-0.25, -0.2) is 13.2 Å². The standard InChI is InChI=1S/C22H25F3N4O4/c1-12-3-6-17(33-12)22(32)27-14-7-9-29(10-8-14)13(2)21(31)26-11-18(30)28-16-5-4-15(23)19(24)20(16)25/h3-6,13-14H,7-11H2,1-2H3,(H,26,31)(H,27,32)(H,28,30). The van der Waals surface area contributed by atoms with Crippen LogP contribution in [0.1, 0.15) is 36.1 Å². The summed E-state index contributed by atoms with van der Waals surface area (Å²) in [5.41, 5.74) is -0.518. The second kappa shape index (κ2) is 10.5. The van der Waals surface area contributed by atoms with Crippen molar-refractivity contribution in [2.45, 2.75) is 38.8 Å². The van der Waals surface area contributed by atoms with Gasteiger partial charge in [0.15, 0.2) is 23.2 Å². The minimum absolute atomic E-state index is 0.0498. The zero-order valence-corrected chi connectivity index (χ0v) is 18.2. The van der Waals surface area contributed by atoms with Crippen molar-refractivity contribution in [3.63, 3.8) is 0 Å². The second-order valence-electron chi connectivity index (χ2n) is 7.86. The molecule has 1 unspecified atom stereocenters. The molecule has 0 radical (unpaired) electrons. The van der Waals surface area contributed by atoms with Gasteiger partial charge in [-0.15, -0.1) is 0 Å². The summed E-state index contributed by atoms with van der Waals surface area (Å²) in [6, 6.07) is 4.33. The Labute approximate surface area is 188 Å². The van der Waals surface area contributed by atoms with Crippen molar-refractivity contribution in [1.82, 2.24) is 15.5 Å². The van der Waals surface area contributed by atoms with Crippen molar-refractivity contribution in [3.05, 3.63) is 53.2 Å². The van der Waals surface area contributed by atoms with Gasteiger partial charge >= 0.3 is 0 Å². The average Bonchev–Trinajstić information content (AvgIpc) is 3.24. The molecular formula is C22H25F3N4O4. The third kappa shape index (κ3) is 6.13. The number of carbonyl (C=O) groups is 3. The van der Waals surface area contributed by atoms with Gasteiger partial charge in [0, 0.05) is 19.1 Å². The molecule has 0 aliphatic carbocycles. The summed E-state index contributed by atoms with van der Waals surface area (Å²) in [7, 11) is 0. The maximum atomic E-state index is 13.6. The number of nitrogens with one attached hydrogen (secondary N) is 3. The van der Waals surface area contributed by atoms with Crippen molar-refractivity contribution >= 4 is 23.4 Å². The van der Waals surface area contributed by atoms with Gasteiger partial charge in [-0.2, -0.15) is 0 Å². The number of benzene rings is 1. The number of piperidine rings is 1. The highest BCUT2D eigenvalue weighted by Gasteiger charge is 2.28. The molecule has 1 saturated heterocycles. The summed E-state index contributed by atoms with van der Waals surface area (Å²) in [6.07, 6.45) is 1.28. The lowest BCUT2D eigenvalue weighted by atomic mass is 10.0. The van der Waals surface area contributed by atoms with Gasteiger partial charge in [-0.1, -0.05) is 0 Å². The summed E-state index contributed by atoms with van der Waals surface area (Å²) in [4.78, 5) is 38.5. The van der Waals surface area contributed by atoms with E-state index in [0.29, 0.717) is 37.8 Å². The van der Waals surface area contributed by atoms with Crippen LogP contribution in [0.4, 0.5) is 18.9 Å². The lowest BCUT2D eigenvalue weighted by molar-refractivity contribution is -0.128. The lowest BCUT2D eigenvalue weighted by Gasteiger charge is -2.35. The monoisotopic (exact) mass is 466 g/mol. The van der Waals surface area contributed by atoms with Crippen LogP contribution in [0.2, 0.25) is 0 Å². The number of likely N-dealkylation sites (tertiary alicyclic amines) is 1. The molecule has 11 heteroatoms. The van der Waals surface area contributed by atoms with E-state index in [1.807, 2.05) is 4.90 Å². The number of hydrogen-bond donors (Lipinski definition) is 3. The van der Waals surface area contributed by atoms with Crippen LogP contribution in [-0.4, -0.2) is 54.3 Å². The molecule has 1 aromatic carbocycles. The predicted octanol–water partition coefficient (Wildman–Crippen LogP) is 2.34. The molecule has 1 aromatic heterocycles. The van der Waals surface area contributed by atoms with Crippen LogP contribution in [0.3, 0.4) is 0 Å². The normalized spacial score (nSPS) is 15.7. The van der Waals surface area contributed by atoms with E-state index in [9.17, 15) is 27.6 Å². The van der Waals surface area contributed by atoms with E-state index in [1.165, 1.54) is 0 Å². The minimum Gasteiger partial charge on any atom is -0.456 e. The number of aryl methyl sites for hydroxylation is 1. The van der Waals surface area contributed by atoms with Gasteiger partial charge in [0.05, 0.1) is 18.3 Å². The van der Waals surface area contributed by atoms with Gasteiger partial charge in [0.25, 0.3) is 5.91 Å². The Balaban J connectivity index is 1.42. The number of hydrogen-bond acceptors (Lipinski definition) is 5. The molecule has 1 atom stereocenters. The van der Waals surface area contributed by atoms with Gasteiger partial charge < -0.3 is 20.4 Å². The first kappa shape index (κ1) is 24.3. The van der Waals surface area contributed by atoms with Crippen LogP contribution in [-0.2, 0) is 9.59 Å². The van der Waals surface area contributed by atoms with Crippen molar-refractivity contribution in [3.8, 4) is 0 Å². The maximum absolute atomic E-state index is 13.6. The molecule has 2 aromatic rings. The van der Waals surface area contributed by atoms with E-state index in [1.54, 1.807) is 26.0 Å². The largest absolute Gasteiger partial charge is 0.456 e. The van der Waals surface area contributed by atoms with Crippen LogP contribution >= 0.6 is 0 Å². The topological polar surface area (TPSA) is 104 Å². The number of carbonyl (C=O) groups excluding carboxylic acids is 3. The molecule has 3 amide bonds. The van der Waals surface area contributed by atoms with E-state index in [4.69, 9.17) is 4.42 Å². The molecule has 33 heavy (non-hydrogen) atoms. The fraction of sp³-hybridized carbons (Fsp3) is 0.409. The maximum Gasteiger partial charge on any atom is 0.287 e. The van der Waals surface area contributed by atoms with Crippen molar-refractivity contribution < 1.29 is 32.0 Å². The lowest BCUT2D eigenvalue weighted by Crippen LogP contribution is -2.52. The molecular weight excluding hydrogens is 441 g/mol. The number of amides is 3. The second-order valence-corrected chi connectivity index (χ2v) is 7.86. The molecule has 3 rings (SSSR count). The Kier molecular flexibility index (Phi) is 7.75. The first-order chi connectivity index (χ1) is 15.7. The molecule has 0 spiro atoms. The van der Waals surface area contributed by atoms with E-state index >= 15 is 0 Å². The van der Waals surface area contributed by atoms with Gasteiger partial charge in [0.1, 0.15) is 5.76 Å². The van der Waals surface area contributed by atoms with Crippen LogP contribution < -0.4 is 16.0 Å². The number of nitrogens with zero attached hydrogens (tertiary/aromatic N) is 1. The highest BCUT2D eigenvalue weighted by atomic mass is 19.2. The highest BCUT2D eigenvalue weighted by molar-refractivity contribution is 5.95. The van der Waals surface area contributed by atoms with Crippen molar-refractivity contribution in [2.75, 3.05) is 25.0 Å². The smallest absolute Gasteiger partial charge is 0.287 e. The molecule has 1 aliphatic rings. The number of furan rings is 1. The van der Waals surface area contributed by atoms with Gasteiger partial charge in [0.2, 0.25) is 11.8 Å². The minimum atomic E-state index is -1.69. The SMILES string of the molecule is Cc1ccc(C(=O)NC2CCN(C(C)C(=O)NCC(=O)Nc3ccc(F)c(F)c3F)CC2)o1. The summed E-state index contributed by atoms with van der Waals surface area (Å²) in [6.45, 7) is 4.10. The summed E-state index contributed by atoms with van der Waals surface area (Å²) in [5, 5.41) is 7.46.